The fourth-order valence-corrected chi connectivity index (χ4v) is 2.22. The Morgan fingerprint density at radius 2 is 2.33 bits per heavy atom. The summed E-state index contributed by atoms with van der Waals surface area (Å²) >= 11 is 0. The average Bonchev–Trinajstić information content (AvgIpc) is 2.66. The van der Waals surface area contributed by atoms with Gasteiger partial charge in [0.05, 0.1) is 6.61 Å². The molecule has 0 saturated carbocycles. The highest BCUT2D eigenvalue weighted by Crippen LogP contribution is 2.11. The Labute approximate surface area is 88.7 Å². The zero-order chi connectivity index (χ0) is 11.5. The van der Waals surface area contributed by atoms with Crippen molar-refractivity contribution in [3.05, 3.63) is 0 Å². The lowest BCUT2D eigenvalue weighted by Gasteiger charge is -2.12. The molecule has 0 aromatic heterocycles. The van der Waals surface area contributed by atoms with Gasteiger partial charge in [-0.05, 0) is 19.3 Å². The van der Waals surface area contributed by atoms with Crippen LogP contribution >= 0.6 is 0 Å². The number of hydrogen-bond acceptors (Lipinski definition) is 4. The zero-order valence-electron chi connectivity index (χ0n) is 8.47. The van der Waals surface area contributed by atoms with Gasteiger partial charge in [0.2, 0.25) is 10.0 Å². The van der Waals surface area contributed by atoms with Crippen LogP contribution in [0.3, 0.4) is 0 Å². The van der Waals surface area contributed by atoms with Gasteiger partial charge in [0.25, 0.3) is 0 Å². The highest BCUT2D eigenvalue weighted by atomic mass is 32.2. The molecule has 0 bridgehead atoms. The third-order valence-corrected chi connectivity index (χ3v) is 4.11. The molecule has 0 amide bonds. The predicted molar refractivity (Wildman–Crippen MR) is 52.9 cm³/mol. The molecule has 6 nitrogen and oxygen atoms in total. The highest BCUT2D eigenvalue weighted by Gasteiger charge is 2.28. The van der Waals surface area contributed by atoms with Gasteiger partial charge in [-0.25, -0.2) is 13.1 Å². The Bertz CT molecular complexity index is 320. The fraction of sp³-hybridized carbons (Fsp3) is 0.875. The number of carboxylic acids is 1. The van der Waals surface area contributed by atoms with Gasteiger partial charge in [-0.15, -0.1) is 0 Å². The first kappa shape index (κ1) is 12.4. The van der Waals surface area contributed by atoms with Crippen molar-refractivity contribution in [2.24, 2.45) is 5.92 Å². The molecule has 1 saturated heterocycles. The topological polar surface area (TPSA) is 92.7 Å². The Morgan fingerprint density at radius 1 is 1.67 bits per heavy atom. The number of nitrogens with one attached hydrogen (secondary N) is 1. The molecule has 7 heteroatoms. The van der Waals surface area contributed by atoms with Crippen molar-refractivity contribution in [1.82, 2.24) is 4.72 Å². The van der Waals surface area contributed by atoms with E-state index in [4.69, 9.17) is 9.84 Å². The van der Waals surface area contributed by atoms with E-state index < -0.39 is 21.2 Å². The largest absolute Gasteiger partial charge is 0.480 e. The Kier molecular flexibility index (Phi) is 4.06. The summed E-state index contributed by atoms with van der Waals surface area (Å²) in [5.74, 6) is -1.19. The normalized spacial score (nSPS) is 23.9. The van der Waals surface area contributed by atoms with Crippen molar-refractivity contribution in [1.29, 1.82) is 0 Å². The zero-order valence-corrected chi connectivity index (χ0v) is 9.29. The third kappa shape index (κ3) is 3.44. The maximum atomic E-state index is 11.4. The van der Waals surface area contributed by atoms with Crippen LogP contribution in [0.25, 0.3) is 0 Å². The molecule has 1 aliphatic rings. The molecule has 1 fully saturated rings. The number of sulfonamides is 1. The summed E-state index contributed by atoms with van der Waals surface area (Å²) in [5, 5.41) is 7.15. The molecule has 0 aromatic rings. The third-order valence-electron chi connectivity index (χ3n) is 2.41. The quantitative estimate of drug-likeness (QED) is 0.667. The minimum atomic E-state index is -3.75. The molecule has 2 unspecified atom stereocenters. The molecule has 88 valence electrons. The second-order valence-electron chi connectivity index (χ2n) is 3.60. The van der Waals surface area contributed by atoms with Crippen molar-refractivity contribution >= 4 is 16.0 Å². The van der Waals surface area contributed by atoms with Gasteiger partial charge in [0.1, 0.15) is 0 Å². The summed E-state index contributed by atoms with van der Waals surface area (Å²) in [6.45, 7) is 2.57. The predicted octanol–water partition coefficient (Wildman–Crippen LogP) is -0.585. The second kappa shape index (κ2) is 4.91. The molecular weight excluding hydrogens is 222 g/mol. The molecule has 2 atom stereocenters. The van der Waals surface area contributed by atoms with Crippen LogP contribution in [-0.4, -0.2) is 44.5 Å². The Hall–Kier alpha value is -0.660. The van der Waals surface area contributed by atoms with E-state index >= 15 is 0 Å². The second-order valence-corrected chi connectivity index (χ2v) is 5.69. The molecule has 0 aromatic carbocycles. The van der Waals surface area contributed by atoms with Crippen LogP contribution in [0.1, 0.15) is 13.3 Å². The van der Waals surface area contributed by atoms with Crippen LogP contribution in [0, 0.1) is 5.92 Å². The number of ether oxygens (including phenoxy) is 1. The van der Waals surface area contributed by atoms with Gasteiger partial charge in [-0.2, -0.15) is 0 Å². The van der Waals surface area contributed by atoms with Gasteiger partial charge in [0.15, 0.2) is 5.25 Å². The smallest absolute Gasteiger partial charge is 0.323 e. The highest BCUT2D eigenvalue weighted by molar-refractivity contribution is 7.90. The van der Waals surface area contributed by atoms with Crippen molar-refractivity contribution in [2.75, 3.05) is 19.8 Å². The number of carbonyl (C=O) groups is 1. The number of rotatable bonds is 5. The molecule has 1 aliphatic heterocycles. The maximum Gasteiger partial charge on any atom is 0.323 e. The summed E-state index contributed by atoms with van der Waals surface area (Å²) < 4.78 is 30.2. The van der Waals surface area contributed by atoms with E-state index in [0.29, 0.717) is 13.2 Å². The number of carboxylic acid groups (broad SMARTS) is 1. The SMILES string of the molecule is CC(C(=O)O)S(=O)(=O)NCC1CCOC1. The molecule has 15 heavy (non-hydrogen) atoms. The van der Waals surface area contributed by atoms with Crippen LogP contribution in [0.2, 0.25) is 0 Å². The number of hydrogen-bond donors (Lipinski definition) is 2. The van der Waals surface area contributed by atoms with Crippen molar-refractivity contribution in [3.63, 3.8) is 0 Å². The lowest BCUT2D eigenvalue weighted by molar-refractivity contribution is -0.136. The summed E-state index contributed by atoms with van der Waals surface area (Å²) in [6, 6.07) is 0. The van der Waals surface area contributed by atoms with E-state index in [9.17, 15) is 13.2 Å². The van der Waals surface area contributed by atoms with E-state index in [-0.39, 0.29) is 12.5 Å². The van der Waals surface area contributed by atoms with Gasteiger partial charge in [-0.3, -0.25) is 4.79 Å². The van der Waals surface area contributed by atoms with Crippen LogP contribution in [0.15, 0.2) is 0 Å². The lowest BCUT2D eigenvalue weighted by atomic mass is 10.1. The molecule has 0 aliphatic carbocycles. The standard InChI is InChI=1S/C8H15NO5S/c1-6(8(10)11)15(12,13)9-4-7-2-3-14-5-7/h6-7,9H,2-5H2,1H3,(H,10,11). The van der Waals surface area contributed by atoms with Gasteiger partial charge in [0, 0.05) is 13.2 Å². The first-order valence-corrected chi connectivity index (χ1v) is 6.27. The lowest BCUT2D eigenvalue weighted by Crippen LogP contribution is -2.39. The van der Waals surface area contributed by atoms with E-state index in [0.717, 1.165) is 13.3 Å². The summed E-state index contributed by atoms with van der Waals surface area (Å²) in [6.07, 6.45) is 0.809. The van der Waals surface area contributed by atoms with Crippen molar-refractivity contribution in [2.45, 2.75) is 18.6 Å². The molecule has 0 spiro atoms. The minimum absolute atomic E-state index is 0.153. The molecule has 1 rings (SSSR count). The Balaban J connectivity index is 2.45. The number of aliphatic carboxylic acids is 1. The molecule has 1 heterocycles. The Morgan fingerprint density at radius 3 is 2.80 bits per heavy atom. The van der Waals surface area contributed by atoms with E-state index in [1.807, 2.05) is 0 Å². The fourth-order valence-electron chi connectivity index (χ4n) is 1.24. The van der Waals surface area contributed by atoms with Gasteiger partial charge < -0.3 is 9.84 Å². The molecular formula is C8H15NO5S. The monoisotopic (exact) mass is 237 g/mol. The van der Waals surface area contributed by atoms with Gasteiger partial charge in [-0.1, -0.05) is 0 Å². The van der Waals surface area contributed by atoms with Crippen LogP contribution < -0.4 is 4.72 Å². The molecule has 0 radical (unpaired) electrons. The van der Waals surface area contributed by atoms with Crippen LogP contribution in [-0.2, 0) is 19.6 Å². The average molecular weight is 237 g/mol. The van der Waals surface area contributed by atoms with Crippen LogP contribution in [0.5, 0.6) is 0 Å². The van der Waals surface area contributed by atoms with Crippen LogP contribution in [0.4, 0.5) is 0 Å². The van der Waals surface area contributed by atoms with Crippen molar-refractivity contribution < 1.29 is 23.1 Å². The van der Waals surface area contributed by atoms with Gasteiger partial charge >= 0.3 is 5.97 Å². The summed E-state index contributed by atoms with van der Waals surface area (Å²) in [7, 11) is -3.75. The first-order chi connectivity index (χ1) is 6.93. The van der Waals surface area contributed by atoms with E-state index in [1.54, 1.807) is 0 Å². The van der Waals surface area contributed by atoms with E-state index in [1.165, 1.54) is 0 Å². The minimum Gasteiger partial charge on any atom is -0.480 e. The van der Waals surface area contributed by atoms with Crippen molar-refractivity contribution in [3.8, 4) is 0 Å². The summed E-state index contributed by atoms with van der Waals surface area (Å²) in [5.41, 5.74) is 0. The molecule has 2 N–H and O–H groups in total. The maximum absolute atomic E-state index is 11.4. The first-order valence-electron chi connectivity index (χ1n) is 4.72. The van der Waals surface area contributed by atoms with E-state index in [2.05, 4.69) is 4.72 Å². The summed E-state index contributed by atoms with van der Waals surface area (Å²) in [4.78, 5) is 10.5.